The third-order valence-corrected chi connectivity index (χ3v) is 4.75. The van der Waals surface area contributed by atoms with Crippen molar-refractivity contribution in [3.05, 3.63) is 0 Å². The minimum Gasteiger partial charge on any atom is -0.383 e. The fraction of sp³-hybridized carbons (Fsp3) is 0.938. The molecule has 0 atom stereocenters. The number of nitrogens with zero attached hydrogens (tertiary/aromatic N) is 1. The number of ether oxygens (including phenoxy) is 1. The van der Waals surface area contributed by atoms with Gasteiger partial charge in [0, 0.05) is 31.4 Å². The zero-order chi connectivity index (χ0) is 14.8. The predicted octanol–water partition coefficient (Wildman–Crippen LogP) is 3.85. The molecule has 0 aromatic heterocycles. The lowest BCUT2D eigenvalue weighted by molar-refractivity contribution is -0.137. The van der Waals surface area contributed by atoms with Crippen LogP contribution in [0.1, 0.15) is 51.9 Å². The molecule has 0 N–H and O–H groups in total. The first kappa shape index (κ1) is 18.0. The highest BCUT2D eigenvalue weighted by Crippen LogP contribution is 2.32. The summed E-state index contributed by atoms with van der Waals surface area (Å²) in [6.45, 7) is 4.39. The van der Waals surface area contributed by atoms with Gasteiger partial charge in [0.25, 0.3) is 0 Å². The van der Waals surface area contributed by atoms with E-state index in [-0.39, 0.29) is 5.92 Å². The summed E-state index contributed by atoms with van der Waals surface area (Å²) in [5, 5.41) is 0.842. The number of hydrogen-bond donors (Lipinski definition) is 0. The predicted molar refractivity (Wildman–Crippen MR) is 87.2 cm³/mol. The van der Waals surface area contributed by atoms with Crippen molar-refractivity contribution in [2.24, 2.45) is 11.8 Å². The second kappa shape index (κ2) is 10.6. The van der Waals surface area contributed by atoms with Crippen molar-refractivity contribution < 1.29 is 9.53 Å². The maximum absolute atomic E-state index is 12.6. The first-order chi connectivity index (χ1) is 9.72. The fourth-order valence-electron chi connectivity index (χ4n) is 3.08. The van der Waals surface area contributed by atoms with Crippen LogP contribution in [0.4, 0.5) is 0 Å². The van der Waals surface area contributed by atoms with Gasteiger partial charge in [0.2, 0.25) is 5.91 Å². The normalized spacial score (nSPS) is 22.8. The van der Waals surface area contributed by atoms with Crippen LogP contribution in [-0.2, 0) is 9.53 Å². The number of unbranched alkanes of at least 4 members (excludes halogenated alkanes) is 1. The number of hydrogen-bond acceptors (Lipinski definition) is 2. The number of rotatable bonds is 9. The summed E-state index contributed by atoms with van der Waals surface area (Å²) in [6, 6.07) is 0. The van der Waals surface area contributed by atoms with Crippen molar-refractivity contribution in [2.45, 2.75) is 51.9 Å². The van der Waals surface area contributed by atoms with Gasteiger partial charge in [0.15, 0.2) is 0 Å². The van der Waals surface area contributed by atoms with E-state index in [1.807, 2.05) is 4.90 Å². The Labute approximate surface area is 132 Å². The maximum atomic E-state index is 12.6. The Kier molecular flexibility index (Phi) is 9.53. The van der Waals surface area contributed by atoms with Crippen LogP contribution in [0.3, 0.4) is 0 Å². The third-order valence-electron chi connectivity index (χ3n) is 4.39. The van der Waals surface area contributed by atoms with Crippen LogP contribution in [-0.4, -0.2) is 42.9 Å². The minimum absolute atomic E-state index is 0.254. The third kappa shape index (κ3) is 6.13. The molecule has 0 aliphatic heterocycles. The molecule has 0 spiro atoms. The van der Waals surface area contributed by atoms with Gasteiger partial charge in [0.05, 0.1) is 6.61 Å². The molecule has 0 saturated heterocycles. The lowest BCUT2D eigenvalue weighted by Crippen LogP contribution is -2.40. The summed E-state index contributed by atoms with van der Waals surface area (Å²) in [7, 11) is 1.69. The Hall–Kier alpha value is -0.0900. The lowest BCUT2D eigenvalue weighted by atomic mass is 9.79. The van der Waals surface area contributed by atoms with Gasteiger partial charge in [-0.1, -0.05) is 42.1 Å². The van der Waals surface area contributed by atoms with Gasteiger partial charge in [-0.3, -0.25) is 4.79 Å². The van der Waals surface area contributed by atoms with E-state index in [1.165, 1.54) is 32.1 Å². The average Bonchev–Trinajstić information content (AvgIpc) is 2.49. The van der Waals surface area contributed by atoms with Crippen LogP contribution in [0, 0.1) is 11.8 Å². The number of amides is 1. The number of methoxy groups -OCH3 is 1. The van der Waals surface area contributed by atoms with Crippen LogP contribution in [0.15, 0.2) is 0 Å². The first-order valence-corrected chi connectivity index (χ1v) is 9.18. The molecule has 20 heavy (non-hydrogen) atoms. The zero-order valence-electron chi connectivity index (χ0n) is 13.1. The van der Waals surface area contributed by atoms with Gasteiger partial charge in [-0.15, -0.1) is 0 Å². The number of halogens is 1. The van der Waals surface area contributed by atoms with E-state index in [1.54, 1.807) is 7.11 Å². The van der Waals surface area contributed by atoms with Gasteiger partial charge < -0.3 is 9.64 Å². The molecule has 4 heteroatoms. The molecule has 3 nitrogen and oxygen atoms in total. The second-order valence-corrected chi connectivity index (χ2v) is 6.66. The van der Waals surface area contributed by atoms with E-state index in [0.29, 0.717) is 12.5 Å². The van der Waals surface area contributed by atoms with Crippen LogP contribution >= 0.6 is 15.9 Å². The SMILES string of the molecule is CCCCC1CCC(C(=O)N(CCBr)CCOC)CC1. The highest BCUT2D eigenvalue weighted by Gasteiger charge is 2.28. The van der Waals surface area contributed by atoms with Crippen LogP contribution in [0.5, 0.6) is 0 Å². The Morgan fingerprint density at radius 3 is 2.50 bits per heavy atom. The topological polar surface area (TPSA) is 29.5 Å². The average molecular weight is 348 g/mol. The van der Waals surface area contributed by atoms with Crippen LogP contribution < -0.4 is 0 Å². The van der Waals surface area contributed by atoms with E-state index in [9.17, 15) is 4.79 Å². The van der Waals surface area contributed by atoms with Crippen LogP contribution in [0.2, 0.25) is 0 Å². The molecule has 0 radical (unpaired) electrons. The van der Waals surface area contributed by atoms with Crippen molar-refractivity contribution in [1.82, 2.24) is 4.90 Å². The fourth-order valence-corrected chi connectivity index (χ4v) is 3.51. The molecular weight excluding hydrogens is 318 g/mol. The number of carbonyl (C=O) groups is 1. The quantitative estimate of drug-likeness (QED) is 0.592. The van der Waals surface area contributed by atoms with Crippen LogP contribution in [0.25, 0.3) is 0 Å². The molecule has 0 unspecified atom stereocenters. The Balaban J connectivity index is 2.38. The highest BCUT2D eigenvalue weighted by molar-refractivity contribution is 9.09. The van der Waals surface area contributed by atoms with Gasteiger partial charge in [0.1, 0.15) is 0 Å². The largest absolute Gasteiger partial charge is 0.383 e. The van der Waals surface area contributed by atoms with Gasteiger partial charge in [-0.25, -0.2) is 0 Å². The smallest absolute Gasteiger partial charge is 0.225 e. The van der Waals surface area contributed by atoms with Crippen molar-refractivity contribution in [2.75, 3.05) is 32.1 Å². The van der Waals surface area contributed by atoms with E-state index in [4.69, 9.17) is 4.74 Å². The van der Waals surface area contributed by atoms with E-state index < -0.39 is 0 Å². The molecule has 1 rings (SSSR count). The zero-order valence-corrected chi connectivity index (χ0v) is 14.7. The monoisotopic (exact) mass is 347 g/mol. The molecule has 1 amide bonds. The van der Waals surface area contributed by atoms with Crippen molar-refractivity contribution >= 4 is 21.8 Å². The van der Waals surface area contributed by atoms with Crippen molar-refractivity contribution in [3.63, 3.8) is 0 Å². The second-order valence-electron chi connectivity index (χ2n) is 5.87. The molecule has 1 saturated carbocycles. The minimum atomic E-state index is 0.254. The molecule has 1 aliphatic rings. The maximum Gasteiger partial charge on any atom is 0.225 e. The molecule has 1 aliphatic carbocycles. The molecule has 0 aromatic carbocycles. The molecule has 0 heterocycles. The summed E-state index contributed by atoms with van der Waals surface area (Å²) in [5.41, 5.74) is 0. The molecule has 0 bridgehead atoms. The summed E-state index contributed by atoms with van der Waals surface area (Å²) < 4.78 is 5.11. The van der Waals surface area contributed by atoms with Gasteiger partial charge >= 0.3 is 0 Å². The first-order valence-electron chi connectivity index (χ1n) is 8.06. The van der Waals surface area contributed by atoms with Crippen molar-refractivity contribution in [3.8, 4) is 0 Å². The molecular formula is C16H30BrNO2. The highest BCUT2D eigenvalue weighted by atomic mass is 79.9. The summed E-state index contributed by atoms with van der Waals surface area (Å²) in [6.07, 6.45) is 8.62. The molecule has 0 aromatic rings. The number of carbonyl (C=O) groups excluding carboxylic acids is 1. The standard InChI is InChI=1S/C16H30BrNO2/c1-3-4-5-14-6-8-15(9-7-14)16(19)18(11-10-17)12-13-20-2/h14-15H,3-13H2,1-2H3. The van der Waals surface area contributed by atoms with E-state index in [0.717, 1.165) is 37.2 Å². The Morgan fingerprint density at radius 1 is 1.25 bits per heavy atom. The van der Waals surface area contributed by atoms with E-state index in [2.05, 4.69) is 22.9 Å². The summed E-state index contributed by atoms with van der Waals surface area (Å²) in [5.74, 6) is 1.46. The van der Waals surface area contributed by atoms with E-state index >= 15 is 0 Å². The molecule has 118 valence electrons. The summed E-state index contributed by atoms with van der Waals surface area (Å²) in [4.78, 5) is 14.5. The lowest BCUT2D eigenvalue weighted by Gasteiger charge is -2.32. The summed E-state index contributed by atoms with van der Waals surface area (Å²) >= 11 is 3.44. The Bertz CT molecular complexity index is 265. The van der Waals surface area contributed by atoms with Crippen molar-refractivity contribution in [1.29, 1.82) is 0 Å². The van der Waals surface area contributed by atoms with Gasteiger partial charge in [-0.05, 0) is 31.6 Å². The molecule has 1 fully saturated rings. The van der Waals surface area contributed by atoms with Gasteiger partial charge in [-0.2, -0.15) is 0 Å². The Morgan fingerprint density at radius 2 is 1.95 bits per heavy atom. The number of alkyl halides is 1.